The van der Waals surface area contributed by atoms with E-state index in [0.29, 0.717) is 19.8 Å². The summed E-state index contributed by atoms with van der Waals surface area (Å²) in [5, 5.41) is 10.6. The van der Waals surface area contributed by atoms with Crippen molar-refractivity contribution < 1.29 is 5.11 Å². The van der Waals surface area contributed by atoms with E-state index >= 15 is 0 Å². The number of aromatic nitrogens is 2. The summed E-state index contributed by atoms with van der Waals surface area (Å²) >= 11 is 13.0. The van der Waals surface area contributed by atoms with E-state index in [-0.39, 0.29) is 17.3 Å². The normalized spacial score (nSPS) is 10.8. The molecule has 0 fully saturated rings. The van der Waals surface area contributed by atoms with Gasteiger partial charge in [0.05, 0.1) is 9.21 Å². The second-order valence-corrected chi connectivity index (χ2v) is 6.38. The SMILES string of the molecule is O=c1[nH]c(-c2ccc(Cl)s2)nc(O)c1-c1cccc(Cl)c1. The number of hydrogen-bond acceptors (Lipinski definition) is 4. The molecule has 0 spiro atoms. The van der Waals surface area contributed by atoms with Gasteiger partial charge in [0.2, 0.25) is 5.88 Å². The van der Waals surface area contributed by atoms with Crippen LogP contribution in [0.4, 0.5) is 0 Å². The molecule has 3 rings (SSSR count). The third-order valence-electron chi connectivity index (χ3n) is 2.82. The third-order valence-corrected chi connectivity index (χ3v) is 4.29. The lowest BCUT2D eigenvalue weighted by Crippen LogP contribution is -2.11. The fraction of sp³-hybridized carbons (Fsp3) is 0. The summed E-state index contributed by atoms with van der Waals surface area (Å²) < 4.78 is 0.575. The van der Waals surface area contributed by atoms with Crippen LogP contribution in [0.2, 0.25) is 9.36 Å². The number of nitrogens with one attached hydrogen (secondary N) is 1. The Kier molecular flexibility index (Phi) is 3.71. The molecule has 4 nitrogen and oxygen atoms in total. The molecule has 0 radical (unpaired) electrons. The zero-order valence-corrected chi connectivity index (χ0v) is 12.8. The van der Waals surface area contributed by atoms with Gasteiger partial charge in [0.15, 0.2) is 5.82 Å². The first-order chi connectivity index (χ1) is 10.0. The standard InChI is InChI=1S/C14H8Cl2N2O2S/c15-8-3-1-2-7(6-8)11-13(19)17-12(18-14(11)20)9-4-5-10(16)21-9/h1-6H,(H2,17,18,19,20). The van der Waals surface area contributed by atoms with Gasteiger partial charge in [0, 0.05) is 5.02 Å². The molecule has 0 saturated heterocycles. The van der Waals surface area contributed by atoms with Crippen molar-refractivity contribution in [3.05, 3.63) is 56.1 Å². The minimum Gasteiger partial charge on any atom is -0.493 e. The molecule has 0 bridgehead atoms. The molecule has 2 heterocycles. The minimum absolute atomic E-state index is 0.0869. The van der Waals surface area contributed by atoms with Crippen molar-refractivity contribution in [2.24, 2.45) is 0 Å². The van der Waals surface area contributed by atoms with E-state index in [0.717, 1.165) is 0 Å². The average molecular weight is 339 g/mol. The lowest BCUT2D eigenvalue weighted by molar-refractivity contribution is 0.454. The first-order valence-electron chi connectivity index (χ1n) is 5.89. The quantitative estimate of drug-likeness (QED) is 0.736. The first-order valence-corrected chi connectivity index (χ1v) is 7.47. The molecule has 0 amide bonds. The van der Waals surface area contributed by atoms with Crippen LogP contribution in [-0.4, -0.2) is 15.1 Å². The summed E-state index contributed by atoms with van der Waals surface area (Å²) in [6.45, 7) is 0. The van der Waals surface area contributed by atoms with Gasteiger partial charge in [-0.3, -0.25) is 4.79 Å². The molecule has 7 heteroatoms. The smallest absolute Gasteiger partial charge is 0.262 e. The van der Waals surface area contributed by atoms with Gasteiger partial charge in [-0.1, -0.05) is 35.3 Å². The maximum atomic E-state index is 12.2. The molecule has 2 N–H and O–H groups in total. The van der Waals surface area contributed by atoms with Crippen LogP contribution in [-0.2, 0) is 0 Å². The van der Waals surface area contributed by atoms with E-state index < -0.39 is 5.56 Å². The molecule has 21 heavy (non-hydrogen) atoms. The van der Waals surface area contributed by atoms with Crippen LogP contribution in [0.15, 0.2) is 41.2 Å². The lowest BCUT2D eigenvalue weighted by Gasteiger charge is -2.05. The van der Waals surface area contributed by atoms with E-state index in [1.807, 2.05) is 0 Å². The van der Waals surface area contributed by atoms with Crippen molar-refractivity contribution in [2.75, 3.05) is 0 Å². The summed E-state index contributed by atoms with van der Waals surface area (Å²) in [6.07, 6.45) is 0. The van der Waals surface area contributed by atoms with Crippen LogP contribution in [0.25, 0.3) is 21.8 Å². The van der Waals surface area contributed by atoms with Crippen molar-refractivity contribution in [3.8, 4) is 27.7 Å². The Morgan fingerprint density at radius 1 is 1.19 bits per heavy atom. The maximum absolute atomic E-state index is 12.2. The first kappa shape index (κ1) is 14.1. The number of aromatic amines is 1. The fourth-order valence-corrected chi connectivity index (χ4v) is 3.10. The Balaban J connectivity index is 2.15. The Morgan fingerprint density at radius 2 is 2.00 bits per heavy atom. The van der Waals surface area contributed by atoms with Crippen molar-refractivity contribution in [3.63, 3.8) is 0 Å². The predicted molar refractivity (Wildman–Crippen MR) is 85.3 cm³/mol. The van der Waals surface area contributed by atoms with Crippen LogP contribution >= 0.6 is 34.5 Å². The zero-order chi connectivity index (χ0) is 15.0. The number of rotatable bonds is 2. The van der Waals surface area contributed by atoms with E-state index in [9.17, 15) is 9.90 Å². The number of H-pyrrole nitrogens is 1. The number of benzene rings is 1. The van der Waals surface area contributed by atoms with E-state index in [2.05, 4.69) is 9.97 Å². The minimum atomic E-state index is -0.440. The maximum Gasteiger partial charge on any atom is 0.262 e. The van der Waals surface area contributed by atoms with Crippen molar-refractivity contribution >= 4 is 34.5 Å². The van der Waals surface area contributed by atoms with Gasteiger partial charge in [-0.2, -0.15) is 4.98 Å². The van der Waals surface area contributed by atoms with Gasteiger partial charge >= 0.3 is 0 Å². The second-order valence-electron chi connectivity index (χ2n) is 4.23. The van der Waals surface area contributed by atoms with Crippen molar-refractivity contribution in [1.82, 2.24) is 9.97 Å². The van der Waals surface area contributed by atoms with Crippen molar-refractivity contribution in [1.29, 1.82) is 0 Å². The monoisotopic (exact) mass is 338 g/mol. The molecule has 0 saturated carbocycles. The molecule has 1 aromatic carbocycles. The van der Waals surface area contributed by atoms with Crippen LogP contribution in [0.5, 0.6) is 5.88 Å². The molecule has 3 aromatic rings. The van der Waals surface area contributed by atoms with E-state index in [4.69, 9.17) is 23.2 Å². The molecular weight excluding hydrogens is 331 g/mol. The van der Waals surface area contributed by atoms with Gasteiger partial charge in [-0.25, -0.2) is 0 Å². The van der Waals surface area contributed by atoms with Crippen LogP contribution < -0.4 is 5.56 Å². The van der Waals surface area contributed by atoms with Gasteiger partial charge in [-0.05, 0) is 29.8 Å². The van der Waals surface area contributed by atoms with E-state index in [1.165, 1.54) is 11.3 Å². The number of nitrogens with zero attached hydrogens (tertiary/aromatic N) is 1. The Hall–Kier alpha value is -1.82. The molecule has 0 aliphatic heterocycles. The van der Waals surface area contributed by atoms with Gasteiger partial charge < -0.3 is 10.1 Å². The van der Waals surface area contributed by atoms with Crippen LogP contribution in [0.3, 0.4) is 0 Å². The van der Waals surface area contributed by atoms with Crippen LogP contribution in [0.1, 0.15) is 0 Å². The highest BCUT2D eigenvalue weighted by molar-refractivity contribution is 7.19. The largest absolute Gasteiger partial charge is 0.493 e. The highest BCUT2D eigenvalue weighted by Gasteiger charge is 2.15. The van der Waals surface area contributed by atoms with Crippen molar-refractivity contribution in [2.45, 2.75) is 0 Å². The number of aromatic hydroxyl groups is 1. The number of halogens is 2. The highest BCUT2D eigenvalue weighted by atomic mass is 35.5. The summed E-state index contributed by atoms with van der Waals surface area (Å²) in [6, 6.07) is 10.1. The lowest BCUT2D eigenvalue weighted by atomic mass is 10.1. The average Bonchev–Trinajstić information content (AvgIpc) is 2.85. The van der Waals surface area contributed by atoms with Gasteiger partial charge in [-0.15, -0.1) is 11.3 Å². The summed E-state index contributed by atoms with van der Waals surface area (Å²) in [4.78, 5) is 19.6. The molecule has 2 aromatic heterocycles. The fourth-order valence-electron chi connectivity index (χ4n) is 1.92. The highest BCUT2D eigenvalue weighted by Crippen LogP contribution is 2.31. The number of thiophene rings is 1. The summed E-state index contributed by atoms with van der Waals surface area (Å²) in [5.74, 6) is -0.0688. The topological polar surface area (TPSA) is 66.0 Å². The summed E-state index contributed by atoms with van der Waals surface area (Å²) in [7, 11) is 0. The second kappa shape index (κ2) is 5.52. The molecule has 0 aliphatic carbocycles. The Bertz CT molecular complexity index is 873. The molecule has 106 valence electrons. The number of hydrogen-bond donors (Lipinski definition) is 2. The predicted octanol–water partition coefficient (Wildman–Crippen LogP) is 4.18. The molecule has 0 aliphatic rings. The van der Waals surface area contributed by atoms with E-state index in [1.54, 1.807) is 36.4 Å². The summed E-state index contributed by atoms with van der Waals surface area (Å²) in [5.41, 5.74) is 0.151. The molecular formula is C14H8Cl2N2O2S. The van der Waals surface area contributed by atoms with Gasteiger partial charge in [0.25, 0.3) is 5.56 Å². The third kappa shape index (κ3) is 2.81. The zero-order valence-electron chi connectivity index (χ0n) is 10.4. The van der Waals surface area contributed by atoms with Crippen LogP contribution in [0, 0.1) is 0 Å². The molecule has 0 unspecified atom stereocenters. The van der Waals surface area contributed by atoms with Gasteiger partial charge in [0.1, 0.15) is 5.56 Å². The Labute approximate surface area is 133 Å². The Morgan fingerprint density at radius 3 is 2.62 bits per heavy atom. The molecule has 0 atom stereocenters.